The summed E-state index contributed by atoms with van der Waals surface area (Å²) in [4.78, 5) is 12.1. The Bertz CT molecular complexity index is 493. The lowest BCUT2D eigenvalue weighted by atomic mass is 9.88. The number of benzene rings is 1. The first-order valence-electron chi connectivity index (χ1n) is 7.19. The van der Waals surface area contributed by atoms with Crippen LogP contribution in [0.15, 0.2) is 29.4 Å². The predicted octanol–water partition coefficient (Wildman–Crippen LogP) is 2.33. The zero-order valence-electron chi connectivity index (χ0n) is 11.9. The van der Waals surface area contributed by atoms with E-state index in [1.807, 2.05) is 0 Å². The van der Waals surface area contributed by atoms with Gasteiger partial charge in [-0.15, -0.1) is 0 Å². The largest absolute Gasteiger partial charge is 0.486 e. The van der Waals surface area contributed by atoms with Crippen LogP contribution in [0.5, 0.6) is 5.75 Å². The fraction of sp³-hybridized carbons (Fsp3) is 0.467. The SMILES string of the molecule is N/C(COc1ccc(NC(=O)C2CCCCC2)cc1)=N\O. The molecule has 0 heterocycles. The first-order valence-corrected chi connectivity index (χ1v) is 7.19. The first kappa shape index (κ1) is 15.2. The van der Waals surface area contributed by atoms with Crippen LogP contribution in [0.25, 0.3) is 0 Å². The molecule has 6 heteroatoms. The van der Waals surface area contributed by atoms with Crippen LogP contribution in [0.2, 0.25) is 0 Å². The molecule has 1 fully saturated rings. The fourth-order valence-electron chi connectivity index (χ4n) is 2.43. The van der Waals surface area contributed by atoms with Crippen molar-refractivity contribution >= 4 is 17.4 Å². The van der Waals surface area contributed by atoms with Crippen LogP contribution in [0, 0.1) is 5.92 Å². The molecule has 0 unspecified atom stereocenters. The van der Waals surface area contributed by atoms with E-state index in [0.29, 0.717) is 5.75 Å². The van der Waals surface area contributed by atoms with Gasteiger partial charge in [0.1, 0.15) is 12.4 Å². The van der Waals surface area contributed by atoms with Crippen LogP contribution in [-0.2, 0) is 4.79 Å². The molecule has 6 nitrogen and oxygen atoms in total. The third kappa shape index (κ3) is 4.66. The molecule has 0 bridgehead atoms. The molecule has 1 aliphatic carbocycles. The minimum atomic E-state index is 0.00433. The first-order chi connectivity index (χ1) is 10.2. The predicted molar refractivity (Wildman–Crippen MR) is 80.6 cm³/mol. The molecule has 0 saturated heterocycles. The third-order valence-electron chi connectivity index (χ3n) is 3.61. The minimum absolute atomic E-state index is 0.00433. The molecule has 2 rings (SSSR count). The normalized spacial score (nSPS) is 16.5. The number of carbonyl (C=O) groups excluding carboxylic acids is 1. The van der Waals surface area contributed by atoms with Crippen molar-refractivity contribution < 1.29 is 14.7 Å². The quantitative estimate of drug-likeness (QED) is 0.336. The molecule has 0 aromatic heterocycles. The van der Waals surface area contributed by atoms with Gasteiger partial charge in [0.2, 0.25) is 5.91 Å². The van der Waals surface area contributed by atoms with E-state index in [-0.39, 0.29) is 24.3 Å². The van der Waals surface area contributed by atoms with Crippen molar-refractivity contribution in [1.82, 2.24) is 0 Å². The van der Waals surface area contributed by atoms with Gasteiger partial charge in [-0.25, -0.2) is 0 Å². The third-order valence-corrected chi connectivity index (χ3v) is 3.61. The molecular formula is C15H21N3O3. The zero-order chi connectivity index (χ0) is 15.1. The fourth-order valence-corrected chi connectivity index (χ4v) is 2.43. The number of nitrogens with one attached hydrogen (secondary N) is 1. The number of hydrogen-bond donors (Lipinski definition) is 3. The molecule has 0 spiro atoms. The van der Waals surface area contributed by atoms with Crippen molar-refractivity contribution in [3.05, 3.63) is 24.3 Å². The van der Waals surface area contributed by atoms with Crippen molar-refractivity contribution in [3.8, 4) is 5.75 Å². The number of hydrogen-bond acceptors (Lipinski definition) is 4. The number of nitrogens with two attached hydrogens (primary N) is 1. The van der Waals surface area contributed by atoms with Gasteiger partial charge in [-0.1, -0.05) is 24.4 Å². The molecule has 21 heavy (non-hydrogen) atoms. The number of anilines is 1. The average molecular weight is 291 g/mol. The van der Waals surface area contributed by atoms with Gasteiger partial charge in [-0.05, 0) is 37.1 Å². The number of carbonyl (C=O) groups is 1. The maximum atomic E-state index is 12.1. The van der Waals surface area contributed by atoms with E-state index in [2.05, 4.69) is 10.5 Å². The molecule has 114 valence electrons. The molecule has 1 aromatic rings. The number of ether oxygens (including phenoxy) is 1. The molecule has 4 N–H and O–H groups in total. The maximum absolute atomic E-state index is 12.1. The van der Waals surface area contributed by atoms with Gasteiger partial charge in [-0.3, -0.25) is 4.79 Å². The van der Waals surface area contributed by atoms with Gasteiger partial charge in [-0.2, -0.15) is 0 Å². The number of amides is 1. The Morgan fingerprint density at radius 3 is 2.57 bits per heavy atom. The highest BCUT2D eigenvalue weighted by Gasteiger charge is 2.20. The van der Waals surface area contributed by atoms with Crippen molar-refractivity contribution in [2.75, 3.05) is 11.9 Å². The highest BCUT2D eigenvalue weighted by molar-refractivity contribution is 5.92. The van der Waals surface area contributed by atoms with Gasteiger partial charge >= 0.3 is 0 Å². The molecule has 0 atom stereocenters. The summed E-state index contributed by atoms with van der Waals surface area (Å²) >= 11 is 0. The van der Waals surface area contributed by atoms with Crippen LogP contribution in [-0.4, -0.2) is 23.6 Å². The molecule has 0 aliphatic heterocycles. The summed E-state index contributed by atoms with van der Waals surface area (Å²) in [5.41, 5.74) is 6.07. The van der Waals surface area contributed by atoms with Crippen LogP contribution < -0.4 is 15.8 Å². The summed E-state index contributed by atoms with van der Waals surface area (Å²) in [6, 6.07) is 7.03. The van der Waals surface area contributed by atoms with Crippen molar-refractivity contribution in [3.63, 3.8) is 0 Å². The molecule has 1 saturated carbocycles. The number of amidine groups is 1. The van der Waals surface area contributed by atoms with Crippen molar-refractivity contribution in [2.45, 2.75) is 32.1 Å². The monoisotopic (exact) mass is 291 g/mol. The van der Waals surface area contributed by atoms with E-state index < -0.39 is 0 Å². The minimum Gasteiger partial charge on any atom is -0.486 e. The van der Waals surface area contributed by atoms with E-state index in [1.165, 1.54) is 6.42 Å². The van der Waals surface area contributed by atoms with Gasteiger partial charge in [0.15, 0.2) is 5.84 Å². The average Bonchev–Trinajstić information content (AvgIpc) is 2.54. The summed E-state index contributed by atoms with van der Waals surface area (Å²) in [5, 5.41) is 14.2. The second kappa shape index (κ2) is 7.52. The summed E-state index contributed by atoms with van der Waals surface area (Å²) in [6.45, 7) is 0.0181. The molecule has 0 radical (unpaired) electrons. The van der Waals surface area contributed by atoms with Gasteiger partial charge < -0.3 is 21.0 Å². The van der Waals surface area contributed by atoms with E-state index in [0.717, 1.165) is 31.4 Å². The Morgan fingerprint density at radius 2 is 1.95 bits per heavy atom. The Hall–Kier alpha value is -2.24. The summed E-state index contributed by atoms with van der Waals surface area (Å²) in [5.74, 6) is 0.831. The van der Waals surface area contributed by atoms with Crippen LogP contribution >= 0.6 is 0 Å². The number of nitrogens with zero attached hydrogens (tertiary/aromatic N) is 1. The summed E-state index contributed by atoms with van der Waals surface area (Å²) in [6.07, 6.45) is 5.47. The smallest absolute Gasteiger partial charge is 0.227 e. The Labute approximate surface area is 124 Å². The highest BCUT2D eigenvalue weighted by Crippen LogP contribution is 2.25. The summed E-state index contributed by atoms with van der Waals surface area (Å²) in [7, 11) is 0. The molecule has 1 amide bonds. The lowest BCUT2D eigenvalue weighted by Crippen LogP contribution is -2.24. The Kier molecular flexibility index (Phi) is 5.43. The van der Waals surface area contributed by atoms with E-state index >= 15 is 0 Å². The van der Waals surface area contributed by atoms with E-state index in [9.17, 15) is 4.79 Å². The van der Waals surface area contributed by atoms with Crippen LogP contribution in [0.1, 0.15) is 32.1 Å². The van der Waals surface area contributed by atoms with Crippen molar-refractivity contribution in [1.29, 1.82) is 0 Å². The second-order valence-corrected chi connectivity index (χ2v) is 5.23. The number of rotatable bonds is 5. The highest BCUT2D eigenvalue weighted by atomic mass is 16.5. The standard InChI is InChI=1S/C15H21N3O3/c16-14(18-20)10-21-13-8-6-12(7-9-13)17-15(19)11-4-2-1-3-5-11/h6-9,11,20H,1-5,10H2,(H2,16,18)(H,17,19). The van der Waals surface area contributed by atoms with Gasteiger partial charge in [0.05, 0.1) is 0 Å². The van der Waals surface area contributed by atoms with E-state index in [4.69, 9.17) is 15.7 Å². The van der Waals surface area contributed by atoms with E-state index in [1.54, 1.807) is 24.3 Å². The maximum Gasteiger partial charge on any atom is 0.227 e. The Balaban J connectivity index is 1.85. The van der Waals surface area contributed by atoms with Crippen LogP contribution in [0.3, 0.4) is 0 Å². The zero-order valence-corrected chi connectivity index (χ0v) is 11.9. The Morgan fingerprint density at radius 1 is 1.29 bits per heavy atom. The summed E-state index contributed by atoms with van der Waals surface area (Å²) < 4.78 is 5.31. The lowest BCUT2D eigenvalue weighted by Gasteiger charge is -2.20. The lowest BCUT2D eigenvalue weighted by molar-refractivity contribution is -0.120. The van der Waals surface area contributed by atoms with Gasteiger partial charge in [0, 0.05) is 11.6 Å². The topological polar surface area (TPSA) is 96.9 Å². The second-order valence-electron chi connectivity index (χ2n) is 5.23. The molecular weight excluding hydrogens is 270 g/mol. The van der Waals surface area contributed by atoms with Gasteiger partial charge in [0.25, 0.3) is 0 Å². The van der Waals surface area contributed by atoms with Crippen molar-refractivity contribution in [2.24, 2.45) is 16.8 Å². The number of oxime groups is 1. The molecule has 1 aliphatic rings. The van der Waals surface area contributed by atoms with Crippen LogP contribution in [0.4, 0.5) is 5.69 Å². The molecule has 1 aromatic carbocycles.